The van der Waals surface area contributed by atoms with E-state index in [1.165, 1.54) is 0 Å². The minimum absolute atomic E-state index is 0.274. The Morgan fingerprint density at radius 3 is 2.50 bits per heavy atom. The summed E-state index contributed by atoms with van der Waals surface area (Å²) in [5.74, 6) is 1.90. The quantitative estimate of drug-likeness (QED) is 0.896. The highest BCUT2D eigenvalue weighted by atomic mass is 16.5. The van der Waals surface area contributed by atoms with Gasteiger partial charge in [0.1, 0.15) is 11.6 Å². The molecule has 0 aliphatic rings. The number of aryl methyl sites for hydroxylation is 1. The van der Waals surface area contributed by atoms with Crippen molar-refractivity contribution in [1.82, 2.24) is 9.97 Å². The summed E-state index contributed by atoms with van der Waals surface area (Å²) in [4.78, 5) is 10.2. The second-order valence-corrected chi connectivity index (χ2v) is 3.99. The SMILES string of the molecule is COc1ccc(N(C)c2nc(N)ncc2C)cc1. The average Bonchev–Trinajstić information content (AvgIpc) is 2.41. The summed E-state index contributed by atoms with van der Waals surface area (Å²) < 4.78 is 5.13. The Bertz CT molecular complexity index is 539. The number of ether oxygens (including phenoxy) is 1. The van der Waals surface area contributed by atoms with E-state index in [4.69, 9.17) is 10.5 Å². The molecule has 0 aliphatic carbocycles. The van der Waals surface area contributed by atoms with E-state index in [1.54, 1.807) is 13.3 Å². The molecule has 0 spiro atoms. The second kappa shape index (κ2) is 4.91. The first-order chi connectivity index (χ1) is 8.61. The van der Waals surface area contributed by atoms with Crippen molar-refractivity contribution in [3.63, 3.8) is 0 Å². The molecular weight excluding hydrogens is 228 g/mol. The molecule has 18 heavy (non-hydrogen) atoms. The number of hydrogen-bond donors (Lipinski definition) is 1. The number of anilines is 3. The van der Waals surface area contributed by atoms with Gasteiger partial charge in [-0.25, -0.2) is 4.98 Å². The van der Waals surface area contributed by atoms with Crippen LogP contribution < -0.4 is 15.4 Å². The molecule has 2 rings (SSSR count). The van der Waals surface area contributed by atoms with Crippen molar-refractivity contribution in [2.24, 2.45) is 0 Å². The molecule has 0 bridgehead atoms. The molecule has 94 valence electrons. The molecule has 0 aliphatic heterocycles. The highest BCUT2D eigenvalue weighted by Gasteiger charge is 2.09. The number of nitrogens with zero attached hydrogens (tertiary/aromatic N) is 3. The molecular formula is C13H16N4O. The van der Waals surface area contributed by atoms with Gasteiger partial charge < -0.3 is 15.4 Å². The van der Waals surface area contributed by atoms with Crippen LogP contribution in [0.5, 0.6) is 5.75 Å². The fourth-order valence-electron chi connectivity index (χ4n) is 1.71. The van der Waals surface area contributed by atoms with Gasteiger partial charge in [0.2, 0.25) is 5.95 Å². The Labute approximate surface area is 106 Å². The van der Waals surface area contributed by atoms with Crippen LogP contribution in [0.1, 0.15) is 5.56 Å². The maximum absolute atomic E-state index is 5.62. The van der Waals surface area contributed by atoms with E-state index in [0.717, 1.165) is 22.8 Å². The van der Waals surface area contributed by atoms with Gasteiger partial charge in [-0.1, -0.05) is 0 Å². The highest BCUT2D eigenvalue weighted by molar-refractivity contribution is 5.63. The largest absolute Gasteiger partial charge is 0.497 e. The maximum Gasteiger partial charge on any atom is 0.221 e. The summed E-state index contributed by atoms with van der Waals surface area (Å²) in [6.07, 6.45) is 1.72. The van der Waals surface area contributed by atoms with Crippen LogP contribution >= 0.6 is 0 Å². The second-order valence-electron chi connectivity index (χ2n) is 3.99. The molecule has 2 aromatic rings. The van der Waals surface area contributed by atoms with Crippen LogP contribution in [-0.2, 0) is 0 Å². The predicted molar refractivity (Wildman–Crippen MR) is 72.2 cm³/mol. The summed E-state index contributed by atoms with van der Waals surface area (Å²) in [5.41, 5.74) is 7.61. The number of benzene rings is 1. The van der Waals surface area contributed by atoms with Gasteiger partial charge in [-0.2, -0.15) is 4.98 Å². The van der Waals surface area contributed by atoms with Crippen molar-refractivity contribution < 1.29 is 4.74 Å². The number of aromatic nitrogens is 2. The summed E-state index contributed by atoms with van der Waals surface area (Å²) in [5, 5.41) is 0. The van der Waals surface area contributed by atoms with Crippen LogP contribution in [0.2, 0.25) is 0 Å². The zero-order valence-electron chi connectivity index (χ0n) is 10.7. The highest BCUT2D eigenvalue weighted by Crippen LogP contribution is 2.26. The fourth-order valence-corrected chi connectivity index (χ4v) is 1.71. The molecule has 0 atom stereocenters. The molecule has 5 heteroatoms. The molecule has 0 saturated heterocycles. The minimum atomic E-state index is 0.274. The normalized spacial score (nSPS) is 10.2. The average molecular weight is 244 g/mol. The fraction of sp³-hybridized carbons (Fsp3) is 0.231. The van der Waals surface area contributed by atoms with Crippen LogP contribution in [0.25, 0.3) is 0 Å². The Morgan fingerprint density at radius 1 is 1.22 bits per heavy atom. The van der Waals surface area contributed by atoms with E-state index >= 15 is 0 Å². The van der Waals surface area contributed by atoms with E-state index in [1.807, 2.05) is 43.1 Å². The van der Waals surface area contributed by atoms with Crippen molar-refractivity contribution in [3.8, 4) is 5.75 Å². The third kappa shape index (κ3) is 2.34. The minimum Gasteiger partial charge on any atom is -0.497 e. The molecule has 1 heterocycles. The zero-order chi connectivity index (χ0) is 13.1. The third-order valence-electron chi connectivity index (χ3n) is 2.74. The third-order valence-corrected chi connectivity index (χ3v) is 2.74. The summed E-state index contributed by atoms with van der Waals surface area (Å²) in [7, 11) is 3.59. The Balaban J connectivity index is 2.34. The maximum atomic E-state index is 5.62. The summed E-state index contributed by atoms with van der Waals surface area (Å²) >= 11 is 0. The summed E-state index contributed by atoms with van der Waals surface area (Å²) in [6, 6.07) is 7.75. The van der Waals surface area contributed by atoms with E-state index in [-0.39, 0.29) is 5.95 Å². The van der Waals surface area contributed by atoms with Crippen LogP contribution in [0.4, 0.5) is 17.5 Å². The van der Waals surface area contributed by atoms with E-state index in [9.17, 15) is 0 Å². The molecule has 0 saturated carbocycles. The molecule has 5 nitrogen and oxygen atoms in total. The number of hydrogen-bond acceptors (Lipinski definition) is 5. The van der Waals surface area contributed by atoms with Gasteiger partial charge in [0, 0.05) is 24.5 Å². The van der Waals surface area contributed by atoms with Gasteiger partial charge >= 0.3 is 0 Å². The van der Waals surface area contributed by atoms with Crippen molar-refractivity contribution in [3.05, 3.63) is 36.0 Å². The van der Waals surface area contributed by atoms with Gasteiger partial charge in [-0.15, -0.1) is 0 Å². The molecule has 0 radical (unpaired) electrons. The smallest absolute Gasteiger partial charge is 0.221 e. The molecule has 1 aromatic heterocycles. The van der Waals surface area contributed by atoms with Crippen LogP contribution in [0, 0.1) is 6.92 Å². The van der Waals surface area contributed by atoms with Crippen molar-refractivity contribution in [1.29, 1.82) is 0 Å². The van der Waals surface area contributed by atoms with E-state index < -0.39 is 0 Å². The first-order valence-electron chi connectivity index (χ1n) is 5.58. The Kier molecular flexibility index (Phi) is 3.32. The van der Waals surface area contributed by atoms with Gasteiger partial charge in [0.05, 0.1) is 7.11 Å². The van der Waals surface area contributed by atoms with Gasteiger partial charge in [-0.05, 0) is 31.2 Å². The first-order valence-corrected chi connectivity index (χ1v) is 5.58. The molecule has 0 amide bonds. The topological polar surface area (TPSA) is 64.3 Å². The van der Waals surface area contributed by atoms with E-state index in [0.29, 0.717) is 0 Å². The molecule has 0 fully saturated rings. The van der Waals surface area contributed by atoms with E-state index in [2.05, 4.69) is 9.97 Å². The lowest BCUT2D eigenvalue weighted by molar-refractivity contribution is 0.415. The number of nitrogens with two attached hydrogens (primary N) is 1. The van der Waals surface area contributed by atoms with Crippen molar-refractivity contribution in [2.45, 2.75) is 6.92 Å². The lowest BCUT2D eigenvalue weighted by Crippen LogP contribution is -2.14. The van der Waals surface area contributed by atoms with Gasteiger partial charge in [0.25, 0.3) is 0 Å². The number of nitrogen functional groups attached to an aromatic ring is 1. The molecule has 0 unspecified atom stereocenters. The Morgan fingerprint density at radius 2 is 1.89 bits per heavy atom. The van der Waals surface area contributed by atoms with Crippen molar-refractivity contribution in [2.75, 3.05) is 24.8 Å². The lowest BCUT2D eigenvalue weighted by Gasteiger charge is -2.20. The monoisotopic (exact) mass is 244 g/mol. The van der Waals surface area contributed by atoms with Crippen LogP contribution in [0.3, 0.4) is 0 Å². The summed E-state index contributed by atoms with van der Waals surface area (Å²) in [6.45, 7) is 1.95. The number of methoxy groups -OCH3 is 1. The molecule has 1 aromatic carbocycles. The first kappa shape index (κ1) is 12.2. The lowest BCUT2D eigenvalue weighted by atomic mass is 10.2. The van der Waals surface area contributed by atoms with Crippen molar-refractivity contribution >= 4 is 17.5 Å². The van der Waals surface area contributed by atoms with Crippen LogP contribution in [0.15, 0.2) is 30.5 Å². The Hall–Kier alpha value is -2.30. The zero-order valence-corrected chi connectivity index (χ0v) is 10.7. The standard InChI is InChI=1S/C13H16N4O/c1-9-8-15-13(14)16-12(9)17(2)10-4-6-11(18-3)7-5-10/h4-8H,1-3H3,(H2,14,15,16). The predicted octanol–water partition coefficient (Wildman–Crippen LogP) is 2.14. The molecule has 2 N–H and O–H groups in total. The van der Waals surface area contributed by atoms with Gasteiger partial charge in [0.15, 0.2) is 0 Å². The van der Waals surface area contributed by atoms with Gasteiger partial charge in [-0.3, -0.25) is 0 Å². The van der Waals surface area contributed by atoms with Crippen LogP contribution in [-0.4, -0.2) is 24.1 Å². The number of rotatable bonds is 3.